The Balaban J connectivity index is 1.51. The number of hydrogen-bond donors (Lipinski definition) is 2. The third-order valence-corrected chi connectivity index (χ3v) is 5.12. The van der Waals surface area contributed by atoms with Crippen LogP contribution < -0.4 is 5.32 Å². The van der Waals surface area contributed by atoms with Gasteiger partial charge in [0.15, 0.2) is 0 Å². The smallest absolute Gasteiger partial charge is 0.220 e. The first-order chi connectivity index (χ1) is 11.1. The third kappa shape index (κ3) is 3.55. The molecule has 1 aliphatic carbocycles. The van der Waals surface area contributed by atoms with Crippen LogP contribution >= 0.6 is 0 Å². The number of aromatic amines is 1. The zero-order valence-electron chi connectivity index (χ0n) is 14.1. The maximum atomic E-state index is 12.2. The molecule has 0 saturated heterocycles. The Morgan fingerprint density at radius 2 is 2.04 bits per heavy atom. The van der Waals surface area contributed by atoms with Crippen molar-refractivity contribution in [1.82, 2.24) is 20.2 Å². The topological polar surface area (TPSA) is 61.0 Å². The molecule has 0 atom stereocenters. The van der Waals surface area contributed by atoms with Crippen LogP contribution in [0.25, 0.3) is 11.0 Å². The number of benzene rings is 1. The molecule has 124 valence electrons. The van der Waals surface area contributed by atoms with Crippen LogP contribution in [0.15, 0.2) is 24.3 Å². The lowest BCUT2D eigenvalue weighted by Crippen LogP contribution is -2.50. The molecule has 3 rings (SSSR count). The molecule has 0 spiro atoms. The fourth-order valence-electron chi connectivity index (χ4n) is 3.52. The number of aromatic nitrogens is 2. The van der Waals surface area contributed by atoms with E-state index in [0.717, 1.165) is 23.4 Å². The number of fused-ring (bicyclic) bond motifs is 1. The van der Waals surface area contributed by atoms with E-state index in [-0.39, 0.29) is 11.4 Å². The monoisotopic (exact) mass is 314 g/mol. The Kier molecular flexibility index (Phi) is 4.66. The van der Waals surface area contributed by atoms with Gasteiger partial charge in [0.25, 0.3) is 0 Å². The summed E-state index contributed by atoms with van der Waals surface area (Å²) < 4.78 is 0. The average molecular weight is 314 g/mol. The van der Waals surface area contributed by atoms with Crippen LogP contribution in [-0.2, 0) is 11.2 Å². The number of rotatable bonds is 6. The van der Waals surface area contributed by atoms with Crippen molar-refractivity contribution in [3.05, 3.63) is 30.1 Å². The van der Waals surface area contributed by atoms with E-state index in [9.17, 15) is 4.79 Å². The highest BCUT2D eigenvalue weighted by Crippen LogP contribution is 2.33. The van der Waals surface area contributed by atoms with Crippen molar-refractivity contribution in [2.24, 2.45) is 0 Å². The van der Waals surface area contributed by atoms with Gasteiger partial charge in [-0.05, 0) is 39.1 Å². The van der Waals surface area contributed by atoms with Gasteiger partial charge in [0.05, 0.1) is 11.0 Å². The number of likely N-dealkylation sites (N-methyl/N-ethyl adjacent to an activating group) is 1. The first-order valence-corrected chi connectivity index (χ1v) is 8.47. The summed E-state index contributed by atoms with van der Waals surface area (Å²) in [6.07, 6.45) is 5.98. The van der Waals surface area contributed by atoms with Gasteiger partial charge in [-0.2, -0.15) is 0 Å². The van der Waals surface area contributed by atoms with Gasteiger partial charge in [-0.15, -0.1) is 0 Å². The minimum Gasteiger partial charge on any atom is -0.354 e. The first-order valence-electron chi connectivity index (χ1n) is 8.47. The summed E-state index contributed by atoms with van der Waals surface area (Å²) in [6, 6.07) is 7.95. The zero-order chi connectivity index (χ0) is 16.3. The largest absolute Gasteiger partial charge is 0.354 e. The van der Waals surface area contributed by atoms with Crippen LogP contribution in [0, 0.1) is 0 Å². The molecule has 0 unspecified atom stereocenters. The summed E-state index contributed by atoms with van der Waals surface area (Å²) in [5.74, 6) is 0.989. The predicted octanol–water partition coefficient (Wildman–Crippen LogP) is 2.49. The van der Waals surface area contributed by atoms with Gasteiger partial charge in [0, 0.05) is 24.9 Å². The quantitative estimate of drug-likeness (QED) is 0.861. The van der Waals surface area contributed by atoms with Crippen molar-refractivity contribution in [2.75, 3.05) is 20.6 Å². The number of aryl methyl sites for hydroxylation is 1. The number of para-hydroxylation sites is 2. The molecule has 5 heteroatoms. The molecule has 0 bridgehead atoms. The molecule has 0 radical (unpaired) electrons. The highest BCUT2D eigenvalue weighted by molar-refractivity contribution is 5.77. The summed E-state index contributed by atoms with van der Waals surface area (Å²) in [5, 5.41) is 3.13. The Labute approximate surface area is 137 Å². The van der Waals surface area contributed by atoms with Crippen LogP contribution in [-0.4, -0.2) is 47.0 Å². The molecule has 1 fully saturated rings. The molecule has 1 aromatic carbocycles. The molecule has 1 amide bonds. The Morgan fingerprint density at radius 3 is 2.74 bits per heavy atom. The number of imidazole rings is 1. The first kappa shape index (κ1) is 16.0. The lowest BCUT2D eigenvalue weighted by Gasteiger charge is -2.36. The van der Waals surface area contributed by atoms with Crippen molar-refractivity contribution in [2.45, 2.75) is 44.1 Å². The molecule has 2 aromatic rings. The number of carbonyl (C=O) groups is 1. The molecule has 0 aliphatic heterocycles. The van der Waals surface area contributed by atoms with Crippen molar-refractivity contribution >= 4 is 16.9 Å². The summed E-state index contributed by atoms with van der Waals surface area (Å²) in [5.41, 5.74) is 2.13. The number of nitrogens with zero attached hydrogens (tertiary/aromatic N) is 2. The lowest BCUT2D eigenvalue weighted by molar-refractivity contribution is -0.121. The second kappa shape index (κ2) is 6.71. The molecular weight excluding hydrogens is 288 g/mol. The molecule has 5 nitrogen and oxygen atoms in total. The van der Waals surface area contributed by atoms with Gasteiger partial charge in [0.2, 0.25) is 5.91 Å². The highest BCUT2D eigenvalue weighted by atomic mass is 16.1. The summed E-state index contributed by atoms with van der Waals surface area (Å²) >= 11 is 0. The molecule has 23 heavy (non-hydrogen) atoms. The number of H-pyrrole nitrogens is 1. The summed E-state index contributed by atoms with van der Waals surface area (Å²) in [6.45, 7) is 0.749. The fraction of sp³-hybridized carbons (Fsp3) is 0.556. The molecule has 1 heterocycles. The normalized spacial score (nSPS) is 17.0. The standard InChI is InChI=1S/C18H26N4O/c1-22(2)18(11-5-6-12-18)13-19-17(23)10-9-16-20-14-7-3-4-8-15(14)21-16/h3-4,7-8H,5-6,9-13H2,1-2H3,(H,19,23)(H,20,21). The van der Waals surface area contributed by atoms with E-state index in [4.69, 9.17) is 0 Å². The summed E-state index contributed by atoms with van der Waals surface area (Å²) in [4.78, 5) is 22.3. The number of amides is 1. The molecule has 1 saturated carbocycles. The molecule has 2 N–H and O–H groups in total. The number of hydrogen-bond acceptors (Lipinski definition) is 3. The van der Waals surface area contributed by atoms with Crippen molar-refractivity contribution in [1.29, 1.82) is 0 Å². The van der Waals surface area contributed by atoms with E-state index >= 15 is 0 Å². The van der Waals surface area contributed by atoms with E-state index in [1.807, 2.05) is 24.3 Å². The minimum absolute atomic E-state index is 0.110. The minimum atomic E-state index is 0.110. The van der Waals surface area contributed by atoms with Crippen molar-refractivity contribution in [3.8, 4) is 0 Å². The van der Waals surface area contributed by atoms with E-state index in [0.29, 0.717) is 12.8 Å². The van der Waals surface area contributed by atoms with Gasteiger partial charge < -0.3 is 15.2 Å². The highest BCUT2D eigenvalue weighted by Gasteiger charge is 2.35. The van der Waals surface area contributed by atoms with Crippen LogP contribution in [0.2, 0.25) is 0 Å². The van der Waals surface area contributed by atoms with Crippen LogP contribution in [0.5, 0.6) is 0 Å². The molecule has 1 aromatic heterocycles. The van der Waals surface area contributed by atoms with Crippen LogP contribution in [0.4, 0.5) is 0 Å². The second-order valence-corrected chi connectivity index (χ2v) is 6.80. The maximum absolute atomic E-state index is 12.2. The zero-order valence-corrected chi connectivity index (χ0v) is 14.1. The van der Waals surface area contributed by atoms with Gasteiger partial charge in [-0.1, -0.05) is 25.0 Å². The second-order valence-electron chi connectivity index (χ2n) is 6.80. The van der Waals surface area contributed by atoms with E-state index < -0.39 is 0 Å². The number of nitrogens with one attached hydrogen (secondary N) is 2. The van der Waals surface area contributed by atoms with Crippen LogP contribution in [0.1, 0.15) is 37.9 Å². The lowest BCUT2D eigenvalue weighted by atomic mass is 9.96. The average Bonchev–Trinajstić information content (AvgIpc) is 3.18. The fourth-order valence-corrected chi connectivity index (χ4v) is 3.52. The molecular formula is C18H26N4O. The van der Waals surface area contributed by atoms with E-state index in [1.54, 1.807) is 0 Å². The summed E-state index contributed by atoms with van der Waals surface area (Å²) in [7, 11) is 4.23. The third-order valence-electron chi connectivity index (χ3n) is 5.12. The van der Waals surface area contributed by atoms with Gasteiger partial charge in [0.1, 0.15) is 5.82 Å². The Hall–Kier alpha value is -1.88. The van der Waals surface area contributed by atoms with Crippen molar-refractivity contribution in [3.63, 3.8) is 0 Å². The maximum Gasteiger partial charge on any atom is 0.220 e. The van der Waals surface area contributed by atoms with Crippen LogP contribution in [0.3, 0.4) is 0 Å². The van der Waals surface area contributed by atoms with Gasteiger partial charge >= 0.3 is 0 Å². The van der Waals surface area contributed by atoms with Gasteiger partial charge in [-0.25, -0.2) is 4.98 Å². The predicted molar refractivity (Wildman–Crippen MR) is 92.3 cm³/mol. The number of carbonyl (C=O) groups excluding carboxylic acids is 1. The Morgan fingerprint density at radius 1 is 1.30 bits per heavy atom. The van der Waals surface area contributed by atoms with E-state index in [1.165, 1.54) is 25.7 Å². The SMILES string of the molecule is CN(C)C1(CNC(=O)CCc2nc3ccccc3[nH]2)CCCC1. The van der Waals surface area contributed by atoms with Gasteiger partial charge in [-0.3, -0.25) is 4.79 Å². The molecule has 1 aliphatic rings. The van der Waals surface area contributed by atoms with E-state index in [2.05, 4.69) is 34.3 Å². The Bertz CT molecular complexity index is 637. The van der Waals surface area contributed by atoms with Crippen molar-refractivity contribution < 1.29 is 4.79 Å².